The smallest absolute Gasteiger partial charge is 0.151 e. The molecule has 2 aromatic heterocycles. The van der Waals surface area contributed by atoms with Crippen molar-refractivity contribution in [3.63, 3.8) is 0 Å². The van der Waals surface area contributed by atoms with Gasteiger partial charge < -0.3 is 0 Å². The lowest BCUT2D eigenvalue weighted by Crippen LogP contribution is -2.19. The van der Waals surface area contributed by atoms with Crippen molar-refractivity contribution < 1.29 is 19.2 Å². The van der Waals surface area contributed by atoms with Gasteiger partial charge in [-0.1, -0.05) is 70.0 Å². The van der Waals surface area contributed by atoms with Gasteiger partial charge >= 0.3 is 0 Å². The second-order valence-corrected chi connectivity index (χ2v) is 16.5. The summed E-state index contributed by atoms with van der Waals surface area (Å²) in [5, 5.41) is 11.6. The predicted molar refractivity (Wildman–Crippen MR) is 208 cm³/mol. The largest absolute Gasteiger partial charge is 0.298 e. The highest BCUT2D eigenvalue weighted by Crippen LogP contribution is 2.39. The quantitative estimate of drug-likeness (QED) is 0.184. The van der Waals surface area contributed by atoms with Crippen molar-refractivity contribution in [3.05, 3.63) is 96.2 Å². The third-order valence-corrected chi connectivity index (χ3v) is 11.0. The molecular formula is C43H56N4O4S. The molecule has 52 heavy (non-hydrogen) atoms. The first-order valence-electron chi connectivity index (χ1n) is 18.5. The Hall–Kier alpha value is -4.11. The lowest BCUT2D eigenvalue weighted by Gasteiger charge is -2.16. The topological polar surface area (TPSA) is 112 Å². The van der Waals surface area contributed by atoms with E-state index >= 15 is 0 Å². The molecule has 2 aliphatic carbocycles. The van der Waals surface area contributed by atoms with E-state index in [1.807, 2.05) is 74.4 Å². The zero-order chi connectivity index (χ0) is 38.8. The van der Waals surface area contributed by atoms with Crippen LogP contribution in [0.4, 0.5) is 0 Å². The first-order valence-corrected chi connectivity index (χ1v) is 19.3. The molecular weight excluding hydrogens is 669 g/mol. The first-order chi connectivity index (χ1) is 24.3. The molecule has 9 heteroatoms. The van der Waals surface area contributed by atoms with Crippen LogP contribution in [0.5, 0.6) is 0 Å². The Kier molecular flexibility index (Phi) is 12.7. The van der Waals surface area contributed by atoms with Gasteiger partial charge in [-0.25, -0.2) is 4.98 Å². The van der Waals surface area contributed by atoms with Crippen molar-refractivity contribution >= 4 is 34.5 Å². The van der Waals surface area contributed by atoms with Crippen molar-refractivity contribution in [1.29, 1.82) is 0 Å². The zero-order valence-corrected chi connectivity index (χ0v) is 34.2. The number of carbonyl (C=O) groups excluding carboxylic acids is 4. The van der Waals surface area contributed by atoms with E-state index in [-0.39, 0.29) is 40.4 Å². The van der Waals surface area contributed by atoms with Gasteiger partial charge in [-0.15, -0.1) is 11.3 Å². The Bertz CT molecular complexity index is 1950. The molecule has 2 aromatic carbocycles. The average Bonchev–Trinajstić information content (AvgIpc) is 3.78. The van der Waals surface area contributed by atoms with Gasteiger partial charge in [-0.3, -0.25) is 19.2 Å². The summed E-state index contributed by atoms with van der Waals surface area (Å²) in [6, 6.07) is 8.21. The van der Waals surface area contributed by atoms with Crippen LogP contribution in [0.25, 0.3) is 0 Å². The number of nitrogens with zero attached hydrogens (tertiary/aromatic N) is 4. The molecule has 0 saturated heterocycles. The lowest BCUT2D eigenvalue weighted by molar-refractivity contribution is -0.126. The van der Waals surface area contributed by atoms with Crippen molar-refractivity contribution in [1.82, 2.24) is 20.0 Å². The van der Waals surface area contributed by atoms with Gasteiger partial charge in [-0.2, -0.15) is 15.0 Å². The third-order valence-electron chi connectivity index (χ3n) is 10.1. The molecule has 2 saturated carbocycles. The second-order valence-electron chi connectivity index (χ2n) is 15.5. The van der Waals surface area contributed by atoms with Gasteiger partial charge in [0, 0.05) is 55.4 Å². The molecule has 278 valence electrons. The van der Waals surface area contributed by atoms with Crippen LogP contribution in [0.3, 0.4) is 0 Å². The summed E-state index contributed by atoms with van der Waals surface area (Å²) in [7, 11) is 1.76. The Morgan fingerprint density at radius 1 is 0.692 bits per heavy atom. The number of thiazole rings is 1. The highest BCUT2D eigenvalue weighted by Gasteiger charge is 2.44. The Morgan fingerprint density at radius 3 is 1.48 bits per heavy atom. The summed E-state index contributed by atoms with van der Waals surface area (Å²) in [6.07, 6.45) is 1.70. The van der Waals surface area contributed by atoms with Crippen LogP contribution in [-0.4, -0.2) is 43.1 Å². The summed E-state index contributed by atoms with van der Waals surface area (Å²) >= 11 is 1.60. The fourth-order valence-corrected chi connectivity index (χ4v) is 8.98. The van der Waals surface area contributed by atoms with E-state index < -0.39 is 11.8 Å². The number of hydrogen-bond donors (Lipinski definition) is 0. The molecule has 4 aromatic rings. The van der Waals surface area contributed by atoms with E-state index in [2.05, 4.69) is 48.5 Å². The number of rotatable bonds is 6. The van der Waals surface area contributed by atoms with Crippen LogP contribution in [0.1, 0.15) is 126 Å². The molecule has 2 fully saturated rings. The van der Waals surface area contributed by atoms with Gasteiger partial charge in [0.2, 0.25) is 0 Å². The monoisotopic (exact) mass is 724 g/mol. The summed E-state index contributed by atoms with van der Waals surface area (Å²) in [5.74, 6) is -1.57. The van der Waals surface area contributed by atoms with Crippen LogP contribution >= 0.6 is 11.3 Å². The lowest BCUT2D eigenvalue weighted by atomic mass is 9.86. The second kappa shape index (κ2) is 16.3. The fraction of sp³-hybridized carbons (Fsp3) is 0.512. The maximum Gasteiger partial charge on any atom is 0.151 e. The van der Waals surface area contributed by atoms with Crippen molar-refractivity contribution in [3.8, 4) is 0 Å². The third kappa shape index (κ3) is 8.74. The Labute approximate surface area is 313 Å². The maximum atomic E-state index is 13.1. The molecule has 0 bridgehead atoms. The molecule has 4 atom stereocenters. The molecule has 0 N–H and O–H groups in total. The highest BCUT2D eigenvalue weighted by atomic mass is 32.1. The number of ketones is 4. The SMILES string of the molecule is CC.Cc1cc(C)c(C2C(=O)CC(Cc3nc(C(C)(C)C)cs3)C2=O)c(C)c1.Cc1cc(C)c(C2C(=O)CC(Cc3nn(C)nc3C)C2=O)c(C)c1. The maximum absolute atomic E-state index is 13.1. The predicted octanol–water partition coefficient (Wildman–Crippen LogP) is 8.41. The standard InChI is InChI=1S/C22H27NO2S.C19H23N3O2.C2H6/c1-12-7-13(2)19(14(3)8-12)20-16(24)9-15(21(20)25)10-18-23-17(11-26-18)22(4,5)6;1-10-6-11(2)17(12(3)7-10)18-16(23)9-14(19(18)24)8-15-13(4)20-22(5)21-15;1-2/h7-8,11,15,20H,9-10H2,1-6H3;6-7,14,18H,8-9H2,1-5H3;1-2H3. The van der Waals surface area contributed by atoms with E-state index in [0.29, 0.717) is 25.7 Å². The van der Waals surface area contributed by atoms with Crippen LogP contribution in [-0.2, 0) is 44.5 Å². The molecule has 2 aliphatic rings. The molecule has 2 heterocycles. The summed E-state index contributed by atoms with van der Waals surface area (Å²) < 4.78 is 0. The fourth-order valence-electron chi connectivity index (χ4n) is 7.88. The summed E-state index contributed by atoms with van der Waals surface area (Å²) in [4.78, 5) is 57.5. The summed E-state index contributed by atoms with van der Waals surface area (Å²) in [5.41, 5.74) is 10.9. The van der Waals surface area contributed by atoms with Gasteiger partial charge in [0.15, 0.2) is 11.6 Å². The van der Waals surface area contributed by atoms with Gasteiger partial charge in [0.25, 0.3) is 0 Å². The Morgan fingerprint density at radius 2 is 1.12 bits per heavy atom. The minimum Gasteiger partial charge on any atom is -0.298 e. The highest BCUT2D eigenvalue weighted by molar-refractivity contribution is 7.09. The summed E-state index contributed by atoms with van der Waals surface area (Å²) in [6.45, 7) is 24.3. The Balaban J connectivity index is 0.000000223. The van der Waals surface area contributed by atoms with Gasteiger partial charge in [0.05, 0.1) is 22.1 Å². The number of Topliss-reactive ketones (excluding diaryl/α,β-unsaturated/α-hetero) is 4. The van der Waals surface area contributed by atoms with Crippen molar-refractivity contribution in [2.45, 2.75) is 126 Å². The van der Waals surface area contributed by atoms with E-state index in [9.17, 15) is 19.2 Å². The minimum atomic E-state index is -0.618. The number of aryl methyl sites for hydroxylation is 8. The van der Waals surface area contributed by atoms with Gasteiger partial charge in [-0.05, 0) is 81.8 Å². The molecule has 6 rings (SSSR count). The number of hydrogen-bond acceptors (Lipinski definition) is 8. The number of aromatic nitrogens is 4. The normalized spacial score (nSPS) is 20.2. The van der Waals surface area contributed by atoms with Crippen molar-refractivity contribution in [2.75, 3.05) is 0 Å². The van der Waals surface area contributed by atoms with E-state index in [4.69, 9.17) is 4.98 Å². The van der Waals surface area contributed by atoms with Crippen LogP contribution in [0.2, 0.25) is 0 Å². The van der Waals surface area contributed by atoms with E-state index in [1.54, 1.807) is 18.4 Å². The van der Waals surface area contributed by atoms with Crippen LogP contribution in [0, 0.1) is 60.3 Å². The van der Waals surface area contributed by atoms with E-state index in [1.165, 1.54) is 4.80 Å². The van der Waals surface area contributed by atoms with Crippen LogP contribution < -0.4 is 0 Å². The average molecular weight is 725 g/mol. The molecule has 0 spiro atoms. The van der Waals surface area contributed by atoms with E-state index in [0.717, 1.165) is 66.6 Å². The molecule has 8 nitrogen and oxygen atoms in total. The molecule has 0 radical (unpaired) electrons. The molecule has 4 unspecified atom stereocenters. The van der Waals surface area contributed by atoms with Crippen molar-refractivity contribution in [2.24, 2.45) is 18.9 Å². The molecule has 0 aliphatic heterocycles. The number of benzene rings is 2. The molecule has 0 amide bonds. The van der Waals surface area contributed by atoms with Gasteiger partial charge in [0.1, 0.15) is 23.4 Å². The first kappa shape index (κ1) is 40.7. The zero-order valence-electron chi connectivity index (χ0n) is 33.4. The number of carbonyl (C=O) groups is 4. The van der Waals surface area contributed by atoms with Crippen LogP contribution in [0.15, 0.2) is 29.6 Å². The minimum absolute atomic E-state index is 0.00289.